The highest BCUT2D eigenvalue weighted by molar-refractivity contribution is 7.89. The minimum absolute atomic E-state index is 0.100. The molecule has 1 aromatic heterocycles. The van der Waals surface area contributed by atoms with Crippen molar-refractivity contribution >= 4 is 10.0 Å². The van der Waals surface area contributed by atoms with Crippen molar-refractivity contribution in [1.29, 1.82) is 0 Å². The lowest BCUT2D eigenvalue weighted by Crippen LogP contribution is -2.38. The highest BCUT2D eigenvalue weighted by atomic mass is 32.2. The summed E-state index contributed by atoms with van der Waals surface area (Å²) in [4.78, 5) is 0. The van der Waals surface area contributed by atoms with Gasteiger partial charge in [0.05, 0.1) is 17.9 Å². The lowest BCUT2D eigenvalue weighted by atomic mass is 10.1. The average Bonchev–Trinajstić information content (AvgIpc) is 3.07. The Hall–Kier alpha value is -0.850. The fourth-order valence-corrected chi connectivity index (χ4v) is 5.19. The second-order valence-corrected chi connectivity index (χ2v) is 7.95. The lowest BCUT2D eigenvalue weighted by Gasteiger charge is -2.27. The van der Waals surface area contributed by atoms with Crippen LogP contribution in [0.5, 0.6) is 0 Å². The lowest BCUT2D eigenvalue weighted by molar-refractivity contribution is 0.0298. The molecule has 3 heterocycles. The summed E-state index contributed by atoms with van der Waals surface area (Å²) in [5, 5.41) is 0. The number of rotatable bonds is 4. The van der Waals surface area contributed by atoms with E-state index in [1.807, 2.05) is 19.1 Å². The molecule has 0 aromatic carbocycles. The summed E-state index contributed by atoms with van der Waals surface area (Å²) < 4.78 is 38.2. The fourth-order valence-electron chi connectivity index (χ4n) is 3.26. The molecule has 0 aliphatic carbocycles. The topological polar surface area (TPSA) is 59.8 Å². The number of nitrogens with zero attached hydrogens (tertiary/aromatic N) is 1. The predicted octanol–water partition coefficient (Wildman–Crippen LogP) is 2.62. The Morgan fingerprint density at radius 2 is 2.10 bits per heavy atom. The van der Waals surface area contributed by atoms with Crippen molar-refractivity contribution in [3.05, 3.63) is 23.7 Å². The van der Waals surface area contributed by atoms with Gasteiger partial charge in [-0.25, -0.2) is 8.42 Å². The van der Waals surface area contributed by atoms with Gasteiger partial charge in [-0.3, -0.25) is 0 Å². The van der Waals surface area contributed by atoms with E-state index in [2.05, 4.69) is 0 Å². The Morgan fingerprint density at radius 1 is 1.24 bits per heavy atom. The molecular weight excluding hydrogens is 290 g/mol. The van der Waals surface area contributed by atoms with Crippen molar-refractivity contribution in [3.63, 3.8) is 0 Å². The molecule has 21 heavy (non-hydrogen) atoms. The van der Waals surface area contributed by atoms with Gasteiger partial charge in [-0.1, -0.05) is 0 Å². The van der Waals surface area contributed by atoms with E-state index < -0.39 is 10.0 Å². The van der Waals surface area contributed by atoms with Gasteiger partial charge in [0, 0.05) is 13.2 Å². The van der Waals surface area contributed by atoms with Gasteiger partial charge in [0.1, 0.15) is 11.5 Å². The van der Waals surface area contributed by atoms with Crippen LogP contribution in [0.4, 0.5) is 0 Å². The second-order valence-electron chi connectivity index (χ2n) is 5.98. The van der Waals surface area contributed by atoms with E-state index in [4.69, 9.17) is 9.15 Å². The Bertz CT molecular complexity index is 574. The van der Waals surface area contributed by atoms with Crippen LogP contribution >= 0.6 is 0 Å². The Morgan fingerprint density at radius 3 is 2.76 bits per heavy atom. The van der Waals surface area contributed by atoms with E-state index in [1.54, 1.807) is 4.31 Å². The number of hydrogen-bond acceptors (Lipinski definition) is 4. The number of aryl methyl sites for hydroxylation is 1. The van der Waals surface area contributed by atoms with E-state index in [0.717, 1.165) is 43.6 Å². The molecule has 1 aromatic rings. The van der Waals surface area contributed by atoms with Gasteiger partial charge in [0.25, 0.3) is 0 Å². The van der Waals surface area contributed by atoms with Gasteiger partial charge in [-0.05, 0) is 51.2 Å². The largest absolute Gasteiger partial charge is 0.465 e. The van der Waals surface area contributed by atoms with E-state index in [1.165, 1.54) is 0 Å². The van der Waals surface area contributed by atoms with Gasteiger partial charge in [0.15, 0.2) is 0 Å². The Balaban J connectivity index is 1.74. The summed E-state index contributed by atoms with van der Waals surface area (Å²) in [6.07, 6.45) is 4.50. The fraction of sp³-hybridized carbons (Fsp3) is 0.733. The zero-order chi connectivity index (χ0) is 14.9. The van der Waals surface area contributed by atoms with Crippen LogP contribution in [0, 0.1) is 6.92 Å². The van der Waals surface area contributed by atoms with Crippen molar-refractivity contribution < 1.29 is 17.6 Å². The standard InChI is InChI=1S/C15H23NO4S/c1-12-7-8-15(20-12)14-6-4-9-16(14)21(17,18)11-13-5-2-3-10-19-13/h7-8,13-14H,2-6,9-11H2,1H3/t13-,14-/m0/s1. The van der Waals surface area contributed by atoms with Gasteiger partial charge >= 0.3 is 0 Å². The van der Waals surface area contributed by atoms with Crippen LogP contribution in [0.2, 0.25) is 0 Å². The molecule has 2 fully saturated rings. The first kappa shape index (κ1) is 15.1. The molecule has 0 bridgehead atoms. The van der Waals surface area contributed by atoms with Crippen molar-refractivity contribution in [2.75, 3.05) is 18.9 Å². The number of ether oxygens (including phenoxy) is 1. The van der Waals surface area contributed by atoms with Crippen molar-refractivity contribution in [3.8, 4) is 0 Å². The summed E-state index contributed by atoms with van der Waals surface area (Å²) in [5.41, 5.74) is 0. The smallest absolute Gasteiger partial charge is 0.217 e. The molecule has 2 aliphatic rings. The maximum absolute atomic E-state index is 12.7. The molecular formula is C15H23NO4S. The first-order valence-electron chi connectivity index (χ1n) is 7.74. The van der Waals surface area contributed by atoms with Crippen molar-refractivity contribution in [2.24, 2.45) is 0 Å². The van der Waals surface area contributed by atoms with Crippen LogP contribution in [0.15, 0.2) is 16.5 Å². The quantitative estimate of drug-likeness (QED) is 0.857. The van der Waals surface area contributed by atoms with E-state index in [-0.39, 0.29) is 17.9 Å². The van der Waals surface area contributed by atoms with Gasteiger partial charge in [0.2, 0.25) is 10.0 Å². The predicted molar refractivity (Wildman–Crippen MR) is 79.5 cm³/mol. The van der Waals surface area contributed by atoms with Gasteiger partial charge in [-0.2, -0.15) is 4.31 Å². The number of furan rings is 1. The molecule has 0 saturated carbocycles. The Kier molecular flexibility index (Phi) is 4.38. The highest BCUT2D eigenvalue weighted by Crippen LogP contribution is 2.35. The van der Waals surface area contributed by atoms with Crippen molar-refractivity contribution in [1.82, 2.24) is 4.31 Å². The highest BCUT2D eigenvalue weighted by Gasteiger charge is 2.38. The van der Waals surface area contributed by atoms with E-state index >= 15 is 0 Å². The molecule has 3 rings (SSSR count). The summed E-state index contributed by atoms with van der Waals surface area (Å²) in [6.45, 7) is 3.15. The van der Waals surface area contributed by atoms with Crippen LogP contribution in [-0.4, -0.2) is 37.7 Å². The summed E-state index contributed by atoms with van der Waals surface area (Å²) >= 11 is 0. The maximum Gasteiger partial charge on any atom is 0.217 e. The van der Waals surface area contributed by atoms with Crippen LogP contribution in [-0.2, 0) is 14.8 Å². The zero-order valence-corrected chi connectivity index (χ0v) is 13.3. The minimum atomic E-state index is -3.30. The third kappa shape index (κ3) is 3.33. The third-order valence-electron chi connectivity index (χ3n) is 4.32. The molecule has 2 atom stereocenters. The summed E-state index contributed by atoms with van der Waals surface area (Å²) in [7, 11) is -3.30. The number of sulfonamides is 1. The van der Waals surface area contributed by atoms with Gasteiger partial charge in [-0.15, -0.1) is 0 Å². The molecule has 5 nitrogen and oxygen atoms in total. The summed E-state index contributed by atoms with van der Waals surface area (Å²) in [5.74, 6) is 1.69. The molecule has 0 spiro atoms. The molecule has 6 heteroatoms. The molecule has 2 aliphatic heterocycles. The molecule has 0 amide bonds. The first-order chi connectivity index (χ1) is 10.1. The first-order valence-corrected chi connectivity index (χ1v) is 9.34. The Labute approximate surface area is 126 Å². The molecule has 118 valence electrons. The maximum atomic E-state index is 12.7. The molecule has 2 saturated heterocycles. The van der Waals surface area contributed by atoms with Gasteiger partial charge < -0.3 is 9.15 Å². The zero-order valence-electron chi connectivity index (χ0n) is 12.5. The van der Waals surface area contributed by atoms with Crippen LogP contribution < -0.4 is 0 Å². The van der Waals surface area contributed by atoms with Crippen LogP contribution in [0.3, 0.4) is 0 Å². The monoisotopic (exact) mass is 313 g/mol. The van der Waals surface area contributed by atoms with E-state index in [9.17, 15) is 8.42 Å². The third-order valence-corrected chi connectivity index (χ3v) is 6.27. The second kappa shape index (κ2) is 6.10. The normalized spacial score (nSPS) is 28.0. The van der Waals surface area contributed by atoms with E-state index in [0.29, 0.717) is 13.2 Å². The molecule has 0 unspecified atom stereocenters. The molecule has 0 radical (unpaired) electrons. The van der Waals surface area contributed by atoms with Crippen LogP contribution in [0.25, 0.3) is 0 Å². The molecule has 0 N–H and O–H groups in total. The minimum Gasteiger partial charge on any atom is -0.465 e. The number of hydrogen-bond donors (Lipinski definition) is 0. The van der Waals surface area contributed by atoms with Crippen molar-refractivity contribution in [2.45, 2.75) is 51.2 Å². The summed E-state index contributed by atoms with van der Waals surface area (Å²) in [6, 6.07) is 3.64. The SMILES string of the molecule is Cc1ccc([C@@H]2CCCN2S(=O)(=O)C[C@@H]2CCCCO2)o1. The van der Waals surface area contributed by atoms with Crippen LogP contribution in [0.1, 0.15) is 49.7 Å². The average molecular weight is 313 g/mol.